The number of ether oxygens (including phenoxy) is 1. The van der Waals surface area contributed by atoms with Gasteiger partial charge in [-0.15, -0.1) is 0 Å². The van der Waals surface area contributed by atoms with Crippen LogP contribution in [0.15, 0.2) is 18.3 Å². The zero-order valence-electron chi connectivity index (χ0n) is 10.9. The van der Waals surface area contributed by atoms with Crippen LogP contribution in [-0.4, -0.2) is 17.5 Å². The van der Waals surface area contributed by atoms with Gasteiger partial charge in [-0.05, 0) is 24.5 Å². The molecular weight excluding hydrogens is 216 g/mol. The molecule has 0 aliphatic carbocycles. The summed E-state index contributed by atoms with van der Waals surface area (Å²) in [6, 6.07) is 3.56. The highest BCUT2D eigenvalue weighted by Crippen LogP contribution is 2.23. The number of nitrogens with one attached hydrogen (secondary N) is 1. The Morgan fingerprint density at radius 2 is 2.18 bits per heavy atom. The summed E-state index contributed by atoms with van der Waals surface area (Å²) in [4.78, 5) is 15.9. The van der Waals surface area contributed by atoms with E-state index in [4.69, 9.17) is 4.74 Å². The number of amides is 1. The molecule has 0 bridgehead atoms. The Kier molecular flexibility index (Phi) is 4.49. The van der Waals surface area contributed by atoms with Crippen LogP contribution in [0.2, 0.25) is 0 Å². The van der Waals surface area contributed by atoms with Crippen molar-refractivity contribution in [1.82, 2.24) is 4.98 Å². The van der Waals surface area contributed by atoms with Crippen LogP contribution in [0.3, 0.4) is 0 Å². The zero-order chi connectivity index (χ0) is 12.9. The van der Waals surface area contributed by atoms with Crippen LogP contribution in [0.4, 0.5) is 5.69 Å². The average molecular weight is 236 g/mol. The molecule has 0 radical (unpaired) electrons. The van der Waals surface area contributed by atoms with Crippen molar-refractivity contribution >= 4 is 11.6 Å². The van der Waals surface area contributed by atoms with Gasteiger partial charge in [-0.2, -0.15) is 0 Å². The predicted octanol–water partition coefficient (Wildman–Crippen LogP) is 2.86. The number of aromatic nitrogens is 1. The molecule has 4 nitrogen and oxygen atoms in total. The number of hydrogen-bond donors (Lipinski definition) is 1. The van der Waals surface area contributed by atoms with Crippen molar-refractivity contribution in [2.24, 2.45) is 5.41 Å². The summed E-state index contributed by atoms with van der Waals surface area (Å²) >= 11 is 0. The molecular formula is C13H20N2O2. The molecule has 17 heavy (non-hydrogen) atoms. The lowest BCUT2D eigenvalue weighted by Crippen LogP contribution is -2.20. The molecule has 1 N–H and O–H groups in total. The number of rotatable bonds is 4. The lowest BCUT2D eigenvalue weighted by atomic mass is 9.92. The molecule has 0 aliphatic heterocycles. The molecule has 1 aromatic rings. The highest BCUT2D eigenvalue weighted by atomic mass is 16.5. The molecule has 1 aromatic heterocycles. The van der Waals surface area contributed by atoms with Gasteiger partial charge in [0.25, 0.3) is 0 Å². The fraction of sp³-hybridized carbons (Fsp3) is 0.538. The van der Waals surface area contributed by atoms with Crippen molar-refractivity contribution in [2.75, 3.05) is 11.9 Å². The van der Waals surface area contributed by atoms with Gasteiger partial charge in [-0.1, -0.05) is 20.8 Å². The van der Waals surface area contributed by atoms with Crippen LogP contribution < -0.4 is 10.1 Å². The fourth-order valence-corrected chi connectivity index (χ4v) is 1.41. The lowest BCUT2D eigenvalue weighted by molar-refractivity contribution is -0.117. The first-order chi connectivity index (χ1) is 7.92. The van der Waals surface area contributed by atoms with E-state index in [9.17, 15) is 4.79 Å². The lowest BCUT2D eigenvalue weighted by Gasteiger charge is -2.17. The van der Waals surface area contributed by atoms with E-state index < -0.39 is 0 Å². The maximum atomic E-state index is 11.8. The molecule has 1 rings (SSSR count). The van der Waals surface area contributed by atoms with Crippen LogP contribution in [-0.2, 0) is 4.79 Å². The number of anilines is 1. The highest BCUT2D eigenvalue weighted by molar-refractivity contribution is 5.92. The Morgan fingerprint density at radius 1 is 1.47 bits per heavy atom. The van der Waals surface area contributed by atoms with Gasteiger partial charge in [0, 0.05) is 12.6 Å². The molecule has 0 aliphatic rings. The third kappa shape index (κ3) is 4.85. The van der Waals surface area contributed by atoms with E-state index in [1.165, 1.54) is 0 Å². The molecule has 0 aromatic carbocycles. The molecule has 0 saturated carbocycles. The third-order valence-corrected chi connectivity index (χ3v) is 2.02. The zero-order valence-corrected chi connectivity index (χ0v) is 10.9. The molecule has 1 heterocycles. The minimum Gasteiger partial charge on any atom is -0.476 e. The van der Waals surface area contributed by atoms with Crippen molar-refractivity contribution in [3.05, 3.63) is 18.3 Å². The van der Waals surface area contributed by atoms with Crippen LogP contribution in [0.5, 0.6) is 5.88 Å². The molecule has 94 valence electrons. The van der Waals surface area contributed by atoms with E-state index in [-0.39, 0.29) is 11.3 Å². The second-order valence-electron chi connectivity index (χ2n) is 5.07. The Labute approximate surface area is 102 Å². The average Bonchev–Trinajstić information content (AvgIpc) is 2.18. The Morgan fingerprint density at radius 3 is 2.76 bits per heavy atom. The van der Waals surface area contributed by atoms with Crippen LogP contribution >= 0.6 is 0 Å². The summed E-state index contributed by atoms with van der Waals surface area (Å²) in [6.45, 7) is 8.49. The summed E-state index contributed by atoms with van der Waals surface area (Å²) in [5.74, 6) is 0.448. The standard InChI is InChI=1S/C13H20N2O2/c1-5-17-12-10(7-6-8-14-12)15-11(16)9-13(2,3)4/h6-8H,5,9H2,1-4H3,(H,15,16). The van der Waals surface area contributed by atoms with Gasteiger partial charge in [-0.25, -0.2) is 4.98 Å². The summed E-state index contributed by atoms with van der Waals surface area (Å²) in [7, 11) is 0. The molecule has 0 unspecified atom stereocenters. The number of carbonyl (C=O) groups is 1. The van der Waals surface area contributed by atoms with E-state index in [0.717, 1.165) is 0 Å². The summed E-state index contributed by atoms with van der Waals surface area (Å²) in [6.07, 6.45) is 2.11. The van der Waals surface area contributed by atoms with Crippen LogP contribution in [0, 0.1) is 5.41 Å². The van der Waals surface area contributed by atoms with E-state index >= 15 is 0 Å². The fourth-order valence-electron chi connectivity index (χ4n) is 1.41. The van der Waals surface area contributed by atoms with E-state index in [0.29, 0.717) is 24.6 Å². The molecule has 0 atom stereocenters. The summed E-state index contributed by atoms with van der Waals surface area (Å²) in [5, 5.41) is 2.83. The van der Waals surface area contributed by atoms with Gasteiger partial charge in [0.15, 0.2) is 0 Å². The maximum absolute atomic E-state index is 11.8. The predicted molar refractivity (Wildman–Crippen MR) is 68.1 cm³/mol. The summed E-state index contributed by atoms with van der Waals surface area (Å²) in [5.41, 5.74) is 0.599. The SMILES string of the molecule is CCOc1ncccc1NC(=O)CC(C)(C)C. The number of pyridine rings is 1. The van der Waals surface area contributed by atoms with Crippen LogP contribution in [0.1, 0.15) is 34.1 Å². The van der Waals surface area contributed by atoms with Gasteiger partial charge < -0.3 is 10.1 Å². The number of hydrogen-bond acceptors (Lipinski definition) is 3. The second-order valence-corrected chi connectivity index (χ2v) is 5.07. The Bertz CT molecular complexity index is 383. The van der Waals surface area contributed by atoms with E-state index in [1.54, 1.807) is 18.3 Å². The quantitative estimate of drug-likeness (QED) is 0.874. The summed E-state index contributed by atoms with van der Waals surface area (Å²) < 4.78 is 5.34. The van der Waals surface area contributed by atoms with Crippen LogP contribution in [0.25, 0.3) is 0 Å². The molecule has 0 spiro atoms. The third-order valence-electron chi connectivity index (χ3n) is 2.02. The Balaban J connectivity index is 2.71. The highest BCUT2D eigenvalue weighted by Gasteiger charge is 2.17. The van der Waals surface area contributed by atoms with E-state index in [1.807, 2.05) is 27.7 Å². The molecule has 1 amide bonds. The van der Waals surface area contributed by atoms with E-state index in [2.05, 4.69) is 10.3 Å². The first-order valence-corrected chi connectivity index (χ1v) is 5.80. The smallest absolute Gasteiger partial charge is 0.237 e. The maximum Gasteiger partial charge on any atom is 0.237 e. The topological polar surface area (TPSA) is 51.2 Å². The van der Waals surface area contributed by atoms with Crippen molar-refractivity contribution in [3.63, 3.8) is 0 Å². The van der Waals surface area contributed by atoms with Gasteiger partial charge >= 0.3 is 0 Å². The van der Waals surface area contributed by atoms with Gasteiger partial charge in [-0.3, -0.25) is 4.79 Å². The molecule has 4 heteroatoms. The normalized spacial score (nSPS) is 11.1. The van der Waals surface area contributed by atoms with Crippen molar-refractivity contribution < 1.29 is 9.53 Å². The minimum absolute atomic E-state index is 0.0218. The van der Waals surface area contributed by atoms with Gasteiger partial charge in [0.1, 0.15) is 5.69 Å². The van der Waals surface area contributed by atoms with Crippen molar-refractivity contribution in [2.45, 2.75) is 34.1 Å². The molecule has 0 saturated heterocycles. The first-order valence-electron chi connectivity index (χ1n) is 5.80. The monoisotopic (exact) mass is 236 g/mol. The number of nitrogens with zero attached hydrogens (tertiary/aromatic N) is 1. The molecule has 0 fully saturated rings. The first kappa shape index (κ1) is 13.5. The van der Waals surface area contributed by atoms with Crippen molar-refractivity contribution in [3.8, 4) is 5.88 Å². The van der Waals surface area contributed by atoms with Gasteiger partial charge in [0.05, 0.1) is 6.61 Å². The minimum atomic E-state index is -0.0297. The second kappa shape index (κ2) is 5.66. The van der Waals surface area contributed by atoms with Gasteiger partial charge in [0.2, 0.25) is 11.8 Å². The number of carbonyl (C=O) groups excluding carboxylic acids is 1. The Hall–Kier alpha value is -1.58. The largest absolute Gasteiger partial charge is 0.476 e. The van der Waals surface area contributed by atoms with Crippen molar-refractivity contribution in [1.29, 1.82) is 0 Å².